The fourth-order valence-electron chi connectivity index (χ4n) is 1.95. The lowest BCUT2D eigenvalue weighted by Gasteiger charge is -2.21. The number of anilines is 1. The number of hydrogen-bond donors (Lipinski definition) is 1. The lowest BCUT2D eigenvalue weighted by molar-refractivity contribution is -0.137. The molecule has 2 heterocycles. The number of nitrogens with zero attached hydrogens (tertiary/aromatic N) is 1. The quantitative estimate of drug-likeness (QED) is 0.872. The van der Waals surface area contributed by atoms with Crippen LogP contribution in [0.3, 0.4) is 0 Å². The van der Waals surface area contributed by atoms with E-state index in [0.717, 1.165) is 6.07 Å². The van der Waals surface area contributed by atoms with Crippen molar-refractivity contribution in [3.05, 3.63) is 23.8 Å². The SMILES string of the molecule is Nc1cc(-c2cc3c(cc2C(F)(F)F)OCCO3)no1. The van der Waals surface area contributed by atoms with E-state index in [1.54, 1.807) is 0 Å². The molecule has 1 aliphatic rings. The van der Waals surface area contributed by atoms with E-state index in [4.69, 9.17) is 15.2 Å². The van der Waals surface area contributed by atoms with E-state index in [0.29, 0.717) is 0 Å². The molecule has 20 heavy (non-hydrogen) atoms. The first kappa shape index (κ1) is 12.6. The molecule has 3 rings (SSSR count). The molecule has 2 N–H and O–H groups in total. The molecule has 1 aromatic heterocycles. The highest BCUT2D eigenvalue weighted by molar-refractivity contribution is 5.70. The van der Waals surface area contributed by atoms with Gasteiger partial charge in [0, 0.05) is 11.6 Å². The smallest absolute Gasteiger partial charge is 0.417 e. The monoisotopic (exact) mass is 286 g/mol. The summed E-state index contributed by atoms with van der Waals surface area (Å²) in [6, 6.07) is 3.35. The van der Waals surface area contributed by atoms with Crippen LogP contribution in [0, 0.1) is 0 Å². The van der Waals surface area contributed by atoms with Crippen molar-refractivity contribution in [2.75, 3.05) is 18.9 Å². The average Bonchev–Trinajstić information content (AvgIpc) is 2.83. The number of halogens is 3. The summed E-state index contributed by atoms with van der Waals surface area (Å²) in [5, 5.41) is 3.51. The van der Waals surface area contributed by atoms with Crippen molar-refractivity contribution in [2.24, 2.45) is 0 Å². The van der Waals surface area contributed by atoms with E-state index in [-0.39, 0.29) is 41.9 Å². The molecule has 5 nitrogen and oxygen atoms in total. The van der Waals surface area contributed by atoms with Crippen molar-refractivity contribution in [2.45, 2.75) is 6.18 Å². The molecule has 0 unspecified atom stereocenters. The van der Waals surface area contributed by atoms with Crippen molar-refractivity contribution in [3.8, 4) is 22.8 Å². The first-order valence-corrected chi connectivity index (χ1v) is 5.68. The van der Waals surface area contributed by atoms with Crippen LogP contribution < -0.4 is 15.2 Å². The Bertz CT molecular complexity index is 652. The van der Waals surface area contributed by atoms with Gasteiger partial charge in [-0.1, -0.05) is 5.16 Å². The highest BCUT2D eigenvalue weighted by Gasteiger charge is 2.36. The van der Waals surface area contributed by atoms with Gasteiger partial charge in [-0.15, -0.1) is 0 Å². The van der Waals surface area contributed by atoms with Crippen molar-refractivity contribution in [1.82, 2.24) is 5.16 Å². The third-order valence-electron chi connectivity index (χ3n) is 2.79. The topological polar surface area (TPSA) is 70.5 Å². The summed E-state index contributed by atoms with van der Waals surface area (Å²) in [6.07, 6.45) is -4.56. The molecule has 8 heteroatoms. The van der Waals surface area contributed by atoms with Gasteiger partial charge in [-0.05, 0) is 12.1 Å². The third kappa shape index (κ3) is 2.13. The zero-order chi connectivity index (χ0) is 14.3. The number of fused-ring (bicyclic) bond motifs is 1. The molecule has 0 atom stereocenters. The lowest BCUT2D eigenvalue weighted by atomic mass is 10.0. The third-order valence-corrected chi connectivity index (χ3v) is 2.79. The predicted octanol–water partition coefficient (Wildman–Crippen LogP) is 2.71. The Morgan fingerprint density at radius 3 is 2.25 bits per heavy atom. The second-order valence-electron chi connectivity index (χ2n) is 4.15. The van der Waals surface area contributed by atoms with Gasteiger partial charge >= 0.3 is 6.18 Å². The first-order valence-electron chi connectivity index (χ1n) is 5.68. The van der Waals surface area contributed by atoms with Crippen molar-refractivity contribution < 1.29 is 27.2 Å². The van der Waals surface area contributed by atoms with Gasteiger partial charge in [0.05, 0.1) is 5.56 Å². The number of aromatic nitrogens is 1. The van der Waals surface area contributed by atoms with Gasteiger partial charge in [-0.2, -0.15) is 13.2 Å². The Kier molecular flexibility index (Phi) is 2.73. The van der Waals surface area contributed by atoms with Gasteiger partial charge in [0.15, 0.2) is 11.5 Å². The number of benzene rings is 1. The Balaban J connectivity index is 2.20. The average molecular weight is 286 g/mol. The van der Waals surface area contributed by atoms with E-state index in [1.807, 2.05) is 0 Å². The largest absolute Gasteiger partial charge is 0.486 e. The maximum absolute atomic E-state index is 13.1. The van der Waals surface area contributed by atoms with Gasteiger partial charge in [0.25, 0.3) is 0 Å². The summed E-state index contributed by atoms with van der Waals surface area (Å²) < 4.78 is 54.4. The standard InChI is InChI=1S/C12H9F3N2O3/c13-12(14,15)7-4-10-9(18-1-2-19-10)3-6(7)8-5-11(16)20-17-8/h3-5H,1-2,16H2. The molecule has 106 valence electrons. The summed E-state index contributed by atoms with van der Waals surface area (Å²) in [5.41, 5.74) is 4.29. The van der Waals surface area contributed by atoms with E-state index in [9.17, 15) is 13.2 Å². The number of alkyl halides is 3. The van der Waals surface area contributed by atoms with E-state index in [1.165, 1.54) is 12.1 Å². The van der Waals surface area contributed by atoms with Crippen molar-refractivity contribution in [3.63, 3.8) is 0 Å². The van der Waals surface area contributed by atoms with E-state index >= 15 is 0 Å². The zero-order valence-electron chi connectivity index (χ0n) is 10.0. The maximum Gasteiger partial charge on any atom is 0.417 e. The molecular formula is C12H9F3N2O3. The summed E-state index contributed by atoms with van der Waals surface area (Å²) in [7, 11) is 0. The van der Waals surface area contributed by atoms with Crippen LogP contribution >= 0.6 is 0 Å². The molecule has 0 bridgehead atoms. The Labute approximate surface area is 111 Å². The molecule has 0 spiro atoms. The molecule has 0 amide bonds. The van der Waals surface area contributed by atoms with Gasteiger partial charge in [0.1, 0.15) is 18.9 Å². The predicted molar refractivity (Wildman–Crippen MR) is 62.3 cm³/mol. The molecule has 0 fully saturated rings. The molecule has 0 radical (unpaired) electrons. The molecule has 2 aromatic rings. The molecule has 0 aliphatic carbocycles. The van der Waals surface area contributed by atoms with Crippen LogP contribution in [-0.2, 0) is 6.18 Å². The molecular weight excluding hydrogens is 277 g/mol. The summed E-state index contributed by atoms with van der Waals surface area (Å²) in [4.78, 5) is 0. The fourth-order valence-corrected chi connectivity index (χ4v) is 1.95. The van der Waals surface area contributed by atoms with Crippen LogP contribution in [0.1, 0.15) is 5.56 Å². The number of nitrogen functional groups attached to an aromatic ring is 1. The van der Waals surface area contributed by atoms with Crippen LogP contribution in [0.5, 0.6) is 11.5 Å². The van der Waals surface area contributed by atoms with E-state index in [2.05, 4.69) is 9.68 Å². The molecule has 1 aromatic carbocycles. The minimum atomic E-state index is -4.56. The fraction of sp³-hybridized carbons (Fsp3) is 0.250. The zero-order valence-corrected chi connectivity index (χ0v) is 10.0. The van der Waals surface area contributed by atoms with Crippen LogP contribution in [0.4, 0.5) is 19.1 Å². The second kappa shape index (κ2) is 4.32. The second-order valence-corrected chi connectivity index (χ2v) is 4.15. The number of ether oxygens (including phenoxy) is 2. The Morgan fingerprint density at radius 1 is 1.05 bits per heavy atom. The highest BCUT2D eigenvalue weighted by Crippen LogP contribution is 2.44. The maximum atomic E-state index is 13.1. The normalized spacial score (nSPS) is 14.3. The number of hydrogen-bond acceptors (Lipinski definition) is 5. The van der Waals surface area contributed by atoms with Crippen LogP contribution in [0.15, 0.2) is 22.7 Å². The first-order chi connectivity index (χ1) is 9.45. The minimum absolute atomic E-state index is 0.00759. The van der Waals surface area contributed by atoms with Gasteiger partial charge < -0.3 is 19.7 Å². The lowest BCUT2D eigenvalue weighted by Crippen LogP contribution is -2.17. The molecule has 0 saturated carbocycles. The van der Waals surface area contributed by atoms with Crippen LogP contribution in [0.25, 0.3) is 11.3 Å². The van der Waals surface area contributed by atoms with Gasteiger partial charge in [-0.25, -0.2) is 0 Å². The summed E-state index contributed by atoms with van der Waals surface area (Å²) in [5.74, 6) is 0.229. The van der Waals surface area contributed by atoms with Crippen molar-refractivity contribution in [1.29, 1.82) is 0 Å². The van der Waals surface area contributed by atoms with E-state index < -0.39 is 11.7 Å². The molecule has 0 saturated heterocycles. The molecule has 1 aliphatic heterocycles. The summed E-state index contributed by atoms with van der Waals surface area (Å²) in [6.45, 7) is 0.485. The van der Waals surface area contributed by atoms with Gasteiger partial charge in [0.2, 0.25) is 5.88 Å². The highest BCUT2D eigenvalue weighted by atomic mass is 19.4. The number of nitrogens with two attached hydrogens (primary N) is 1. The number of rotatable bonds is 1. The van der Waals surface area contributed by atoms with Crippen LogP contribution in [-0.4, -0.2) is 18.4 Å². The Hall–Kier alpha value is -2.38. The van der Waals surface area contributed by atoms with Gasteiger partial charge in [-0.3, -0.25) is 0 Å². The van der Waals surface area contributed by atoms with Crippen molar-refractivity contribution >= 4 is 5.88 Å². The summed E-state index contributed by atoms with van der Waals surface area (Å²) >= 11 is 0. The minimum Gasteiger partial charge on any atom is -0.486 e. The Morgan fingerprint density at radius 2 is 1.70 bits per heavy atom. The van der Waals surface area contributed by atoms with Crippen LogP contribution in [0.2, 0.25) is 0 Å².